The third-order valence-corrected chi connectivity index (χ3v) is 3.01. The summed E-state index contributed by atoms with van der Waals surface area (Å²) >= 11 is 0. The summed E-state index contributed by atoms with van der Waals surface area (Å²) < 4.78 is 2.11. The van der Waals surface area contributed by atoms with Crippen molar-refractivity contribution in [3.8, 4) is 0 Å². The zero-order valence-electron chi connectivity index (χ0n) is 8.69. The average molecular weight is 194 g/mol. The topological polar surface area (TPSA) is 47.1 Å². The van der Waals surface area contributed by atoms with Crippen LogP contribution < -0.4 is 5.73 Å². The lowest BCUT2D eigenvalue weighted by Gasteiger charge is -2.17. The van der Waals surface area contributed by atoms with Crippen LogP contribution in [0.5, 0.6) is 0 Å². The first kappa shape index (κ1) is 9.52. The van der Waals surface area contributed by atoms with E-state index in [9.17, 15) is 0 Å². The van der Waals surface area contributed by atoms with Gasteiger partial charge in [-0.1, -0.05) is 0 Å². The van der Waals surface area contributed by atoms with Gasteiger partial charge in [-0.2, -0.15) is 0 Å². The van der Waals surface area contributed by atoms with Gasteiger partial charge in [0.15, 0.2) is 0 Å². The average Bonchev–Trinajstić information content (AvgIpc) is 2.46. The minimum Gasteiger partial charge on any atom is -0.384 e. The summed E-state index contributed by atoms with van der Waals surface area (Å²) in [6.45, 7) is 2.35. The number of rotatable bonds is 1. The molecule has 78 valence electrons. The molecule has 1 atom stereocenters. The Balaban J connectivity index is 2.08. The highest BCUT2D eigenvalue weighted by Gasteiger charge is 2.17. The van der Waals surface area contributed by atoms with E-state index in [0.29, 0.717) is 6.04 Å². The third-order valence-electron chi connectivity index (χ3n) is 3.01. The van der Waals surface area contributed by atoms with Crippen molar-refractivity contribution in [3.05, 3.63) is 12.5 Å². The second-order valence-electron chi connectivity index (χ2n) is 4.11. The maximum atomic E-state index is 5.84. The van der Waals surface area contributed by atoms with Gasteiger partial charge in [-0.15, -0.1) is 0 Å². The molecule has 1 aromatic heterocycles. The SMILES string of the molecule is CN1CCCC(n2cncc2N)CC1. The normalized spacial score (nSPS) is 24.8. The fourth-order valence-electron chi connectivity index (χ4n) is 2.12. The molecule has 1 unspecified atom stereocenters. The van der Waals surface area contributed by atoms with Crippen molar-refractivity contribution in [2.75, 3.05) is 25.9 Å². The van der Waals surface area contributed by atoms with Gasteiger partial charge in [-0.05, 0) is 39.4 Å². The molecule has 1 aliphatic heterocycles. The van der Waals surface area contributed by atoms with Gasteiger partial charge < -0.3 is 15.2 Å². The summed E-state index contributed by atoms with van der Waals surface area (Å²) in [5, 5.41) is 0. The lowest BCUT2D eigenvalue weighted by molar-refractivity contribution is 0.341. The molecular formula is C10H18N4. The van der Waals surface area contributed by atoms with Crippen LogP contribution in [-0.2, 0) is 0 Å². The molecule has 0 bridgehead atoms. The highest BCUT2D eigenvalue weighted by molar-refractivity contribution is 5.25. The van der Waals surface area contributed by atoms with E-state index >= 15 is 0 Å². The molecule has 0 saturated carbocycles. The Hall–Kier alpha value is -1.03. The van der Waals surface area contributed by atoms with Gasteiger partial charge in [0, 0.05) is 6.04 Å². The first-order valence-corrected chi connectivity index (χ1v) is 5.23. The van der Waals surface area contributed by atoms with Crippen molar-refractivity contribution in [2.45, 2.75) is 25.3 Å². The summed E-state index contributed by atoms with van der Waals surface area (Å²) in [7, 11) is 2.18. The Morgan fingerprint density at radius 3 is 3.00 bits per heavy atom. The second-order valence-corrected chi connectivity index (χ2v) is 4.11. The van der Waals surface area contributed by atoms with E-state index in [-0.39, 0.29) is 0 Å². The van der Waals surface area contributed by atoms with Crippen LogP contribution >= 0.6 is 0 Å². The quantitative estimate of drug-likeness (QED) is 0.728. The minimum atomic E-state index is 0.544. The molecule has 1 aromatic rings. The van der Waals surface area contributed by atoms with Gasteiger partial charge in [0.05, 0.1) is 12.5 Å². The van der Waals surface area contributed by atoms with Crippen LogP contribution in [0.25, 0.3) is 0 Å². The standard InChI is InChI=1S/C10H18N4/c1-13-5-2-3-9(4-6-13)14-8-12-7-10(14)11/h7-9H,2-6,11H2,1H3. The van der Waals surface area contributed by atoms with Gasteiger partial charge in [-0.25, -0.2) is 4.98 Å². The van der Waals surface area contributed by atoms with E-state index in [0.717, 1.165) is 12.4 Å². The molecule has 0 aliphatic carbocycles. The summed E-state index contributed by atoms with van der Waals surface area (Å²) in [5.74, 6) is 0.791. The molecule has 0 amide bonds. The van der Waals surface area contributed by atoms with E-state index in [2.05, 4.69) is 21.5 Å². The maximum absolute atomic E-state index is 5.84. The predicted octanol–water partition coefficient (Wildman–Crippen LogP) is 1.12. The molecule has 4 nitrogen and oxygen atoms in total. The number of nitrogens with two attached hydrogens (primary N) is 1. The molecule has 1 fully saturated rings. The lowest BCUT2D eigenvalue weighted by Crippen LogP contribution is -2.19. The smallest absolute Gasteiger partial charge is 0.123 e. The van der Waals surface area contributed by atoms with Gasteiger partial charge in [0.2, 0.25) is 0 Å². The number of nitrogen functional groups attached to an aromatic ring is 1. The fourth-order valence-corrected chi connectivity index (χ4v) is 2.12. The molecule has 1 saturated heterocycles. The number of hydrogen-bond acceptors (Lipinski definition) is 3. The molecule has 0 radical (unpaired) electrons. The van der Waals surface area contributed by atoms with Crippen molar-refractivity contribution in [1.82, 2.24) is 14.5 Å². The Morgan fingerprint density at radius 1 is 1.43 bits per heavy atom. The minimum absolute atomic E-state index is 0.544. The highest BCUT2D eigenvalue weighted by atomic mass is 15.1. The van der Waals surface area contributed by atoms with Crippen molar-refractivity contribution in [1.29, 1.82) is 0 Å². The van der Waals surface area contributed by atoms with E-state index < -0.39 is 0 Å². The first-order chi connectivity index (χ1) is 6.77. The summed E-state index contributed by atoms with van der Waals surface area (Å²) in [4.78, 5) is 6.45. The third kappa shape index (κ3) is 1.90. The largest absolute Gasteiger partial charge is 0.384 e. The van der Waals surface area contributed by atoms with Crippen molar-refractivity contribution < 1.29 is 0 Å². The first-order valence-electron chi connectivity index (χ1n) is 5.23. The molecule has 0 aromatic carbocycles. The Morgan fingerprint density at radius 2 is 2.29 bits per heavy atom. The summed E-state index contributed by atoms with van der Waals surface area (Å²) in [6.07, 6.45) is 7.22. The number of imidazole rings is 1. The van der Waals surface area contributed by atoms with Crippen LogP contribution in [0.15, 0.2) is 12.5 Å². The molecule has 2 rings (SSSR count). The van der Waals surface area contributed by atoms with E-state index in [1.165, 1.54) is 25.8 Å². The highest BCUT2D eigenvalue weighted by Crippen LogP contribution is 2.24. The van der Waals surface area contributed by atoms with Crippen LogP contribution in [0.2, 0.25) is 0 Å². The van der Waals surface area contributed by atoms with Crippen LogP contribution in [0.1, 0.15) is 25.3 Å². The monoisotopic (exact) mass is 194 g/mol. The van der Waals surface area contributed by atoms with Crippen LogP contribution in [0.3, 0.4) is 0 Å². The zero-order valence-corrected chi connectivity index (χ0v) is 8.69. The van der Waals surface area contributed by atoms with E-state index in [4.69, 9.17) is 5.73 Å². The number of hydrogen-bond donors (Lipinski definition) is 1. The van der Waals surface area contributed by atoms with Gasteiger partial charge >= 0.3 is 0 Å². The van der Waals surface area contributed by atoms with Crippen molar-refractivity contribution >= 4 is 5.82 Å². The van der Waals surface area contributed by atoms with E-state index in [1.807, 2.05) is 6.33 Å². The number of anilines is 1. The molecular weight excluding hydrogens is 176 g/mol. The molecule has 14 heavy (non-hydrogen) atoms. The van der Waals surface area contributed by atoms with Crippen molar-refractivity contribution in [3.63, 3.8) is 0 Å². The Labute approximate surface area is 84.7 Å². The van der Waals surface area contributed by atoms with Crippen LogP contribution in [-0.4, -0.2) is 34.6 Å². The van der Waals surface area contributed by atoms with Crippen LogP contribution in [0.4, 0.5) is 5.82 Å². The zero-order chi connectivity index (χ0) is 9.97. The molecule has 1 aliphatic rings. The number of nitrogens with zero attached hydrogens (tertiary/aromatic N) is 3. The Kier molecular flexibility index (Phi) is 2.72. The summed E-state index contributed by atoms with van der Waals surface area (Å²) in [5.41, 5.74) is 5.84. The molecule has 2 heterocycles. The second kappa shape index (κ2) is 4.00. The summed E-state index contributed by atoms with van der Waals surface area (Å²) in [6, 6.07) is 0.544. The predicted molar refractivity (Wildman–Crippen MR) is 57.0 cm³/mol. The van der Waals surface area contributed by atoms with Gasteiger partial charge in [0.1, 0.15) is 5.82 Å². The molecule has 4 heteroatoms. The van der Waals surface area contributed by atoms with Gasteiger partial charge in [0.25, 0.3) is 0 Å². The molecule has 2 N–H and O–H groups in total. The fraction of sp³-hybridized carbons (Fsp3) is 0.700. The Bertz CT molecular complexity index is 294. The number of aromatic nitrogens is 2. The van der Waals surface area contributed by atoms with Crippen LogP contribution in [0, 0.1) is 0 Å². The molecule has 0 spiro atoms. The lowest BCUT2D eigenvalue weighted by atomic mass is 10.1. The maximum Gasteiger partial charge on any atom is 0.123 e. The van der Waals surface area contributed by atoms with Crippen molar-refractivity contribution in [2.24, 2.45) is 0 Å². The van der Waals surface area contributed by atoms with E-state index in [1.54, 1.807) is 6.20 Å². The van der Waals surface area contributed by atoms with Gasteiger partial charge in [-0.3, -0.25) is 0 Å². The number of likely N-dealkylation sites (tertiary alicyclic amines) is 1.